The summed E-state index contributed by atoms with van der Waals surface area (Å²) in [4.78, 5) is 5.72. The highest BCUT2D eigenvalue weighted by Crippen LogP contribution is 2.59. The summed E-state index contributed by atoms with van der Waals surface area (Å²) in [5.74, 6) is 0. The van der Waals surface area contributed by atoms with Crippen LogP contribution in [0.4, 0.5) is 34.1 Å². The summed E-state index contributed by atoms with van der Waals surface area (Å²) in [6.45, 7) is 94.9. The molecule has 0 saturated heterocycles. The Hall–Kier alpha value is -10.9. The van der Waals surface area contributed by atoms with Crippen molar-refractivity contribution < 1.29 is 0 Å². The molecular formula is C130H155BN4. The number of fused-ring (bicyclic) bond motifs is 10. The number of benzene rings is 13. The van der Waals surface area contributed by atoms with Crippen LogP contribution >= 0.6 is 0 Å². The lowest BCUT2D eigenvalue weighted by Crippen LogP contribution is -2.61. The van der Waals surface area contributed by atoms with E-state index in [4.69, 9.17) is 0 Å². The molecule has 0 amide bonds. The van der Waals surface area contributed by atoms with Gasteiger partial charge in [0.1, 0.15) is 0 Å². The van der Waals surface area contributed by atoms with Crippen LogP contribution in [0, 0.1) is 0 Å². The van der Waals surface area contributed by atoms with Gasteiger partial charge in [0.15, 0.2) is 0 Å². The van der Waals surface area contributed by atoms with E-state index in [1.807, 2.05) is 0 Å². The standard InChI is InChI=1S/C130H155BN4/c1-118(2,3)80-66-93(123(16,17)18)113(94(67-80)124(19,20)21)78-56-60-91(115-97(127(28,29)30)70-82(120(7,8)9)71-98(115)128(31,32)33)107(64-78)134-109-76-85(132-103-52-44-40-48-87(103)88-49-41-45-53-104(88)132)58-62-101(109)131-102-63-59-86(133-105-54-46-42-50-89(105)90-51-43-47-55-106(90)133)77-110(102)135(112-75-84(122(13,14)15)74-111(134)117(112)131)108-65-79(114-95(125(22,23)24)68-81(119(4,5)6)69-96(114)126(25,26)27)57-61-92(108)116-99(129(34,35)36)72-83(121(10,11)12)73-100(116)130(37,38)39/h40-77H,1-39H3. The lowest BCUT2D eigenvalue weighted by molar-refractivity contribution is 0.549. The van der Waals surface area contributed by atoms with Crippen molar-refractivity contribution in [1.29, 1.82) is 0 Å². The Balaban J connectivity index is 1.14. The average molecular weight is 1780 g/mol. The summed E-state index contributed by atoms with van der Waals surface area (Å²) < 4.78 is 5.13. The highest BCUT2D eigenvalue weighted by atomic mass is 15.2. The van der Waals surface area contributed by atoms with Crippen molar-refractivity contribution in [3.8, 4) is 55.9 Å². The van der Waals surface area contributed by atoms with E-state index in [0.29, 0.717) is 0 Å². The lowest BCUT2D eigenvalue weighted by Gasteiger charge is -2.46. The van der Waals surface area contributed by atoms with Gasteiger partial charge in [0.05, 0.1) is 33.4 Å². The third-order valence-corrected chi connectivity index (χ3v) is 29.7. The van der Waals surface area contributed by atoms with E-state index in [-0.39, 0.29) is 71.7 Å². The maximum atomic E-state index is 2.86. The fourth-order valence-corrected chi connectivity index (χ4v) is 22.0. The van der Waals surface area contributed by atoms with Crippen LogP contribution in [0.25, 0.3) is 99.5 Å². The number of anilines is 6. The quantitative estimate of drug-likeness (QED) is 0.141. The van der Waals surface area contributed by atoms with Gasteiger partial charge in [0, 0.05) is 66.8 Å². The number of hydrogen-bond acceptors (Lipinski definition) is 2. The van der Waals surface area contributed by atoms with E-state index in [1.165, 1.54) is 188 Å². The first-order valence-electron chi connectivity index (χ1n) is 50.3. The highest BCUT2D eigenvalue weighted by molar-refractivity contribution is 7.00. The minimum atomic E-state index is -0.414. The van der Waals surface area contributed by atoms with Gasteiger partial charge < -0.3 is 18.9 Å². The Morgan fingerprint density at radius 1 is 0.185 bits per heavy atom. The molecule has 135 heavy (non-hydrogen) atoms. The number of para-hydroxylation sites is 4. The van der Waals surface area contributed by atoms with Gasteiger partial charge in [-0.2, -0.15) is 0 Å². The summed E-state index contributed by atoms with van der Waals surface area (Å²) in [6, 6.07) is 93.7. The molecule has 5 heteroatoms. The van der Waals surface area contributed by atoms with Crippen molar-refractivity contribution in [2.75, 3.05) is 9.80 Å². The molecule has 0 unspecified atom stereocenters. The Morgan fingerprint density at radius 3 is 0.637 bits per heavy atom. The summed E-state index contributed by atoms with van der Waals surface area (Å²) >= 11 is 0. The smallest absolute Gasteiger partial charge is 0.252 e. The van der Waals surface area contributed by atoms with Crippen LogP contribution in [0.15, 0.2) is 231 Å². The minimum Gasteiger partial charge on any atom is -0.311 e. The molecular weight excluding hydrogens is 1630 g/mol. The Kier molecular flexibility index (Phi) is 22.6. The predicted octanol–water partition coefficient (Wildman–Crippen LogP) is 35.5. The number of hydrogen-bond donors (Lipinski definition) is 0. The molecule has 2 aliphatic heterocycles. The van der Waals surface area contributed by atoms with Crippen LogP contribution in [0.2, 0.25) is 0 Å². The molecule has 0 radical (unpaired) electrons. The minimum absolute atomic E-state index is 0.122. The first-order valence-corrected chi connectivity index (χ1v) is 50.3. The summed E-state index contributed by atoms with van der Waals surface area (Å²) in [7, 11) is 0. The molecule has 0 saturated carbocycles. The largest absolute Gasteiger partial charge is 0.311 e. The zero-order chi connectivity index (χ0) is 98.4. The molecule has 0 fully saturated rings. The van der Waals surface area contributed by atoms with E-state index >= 15 is 0 Å². The van der Waals surface area contributed by atoms with Crippen LogP contribution in [0.1, 0.15) is 342 Å². The normalized spacial score (nSPS) is 14.1. The monoisotopic (exact) mass is 1780 g/mol. The third kappa shape index (κ3) is 16.9. The van der Waals surface area contributed by atoms with Crippen LogP contribution in [0.5, 0.6) is 0 Å². The Labute approximate surface area is 813 Å². The van der Waals surface area contributed by atoms with Crippen LogP contribution < -0.4 is 26.2 Å². The van der Waals surface area contributed by atoms with Gasteiger partial charge in [-0.25, -0.2) is 0 Å². The number of rotatable bonds is 8. The molecule has 13 aromatic carbocycles. The van der Waals surface area contributed by atoms with E-state index in [2.05, 4.69) is 519 Å². The van der Waals surface area contributed by atoms with E-state index < -0.39 is 5.41 Å². The van der Waals surface area contributed by atoms with Crippen molar-refractivity contribution in [2.24, 2.45) is 0 Å². The number of aromatic nitrogens is 2. The fraction of sp³-hybridized carbons (Fsp3) is 0.400. The molecule has 17 rings (SSSR count). The van der Waals surface area contributed by atoms with Crippen LogP contribution in [-0.2, 0) is 70.4 Å². The van der Waals surface area contributed by atoms with Crippen LogP contribution in [-0.4, -0.2) is 15.8 Å². The third-order valence-electron chi connectivity index (χ3n) is 29.7. The topological polar surface area (TPSA) is 16.3 Å². The molecule has 4 nitrogen and oxygen atoms in total. The molecule has 0 aliphatic carbocycles. The maximum absolute atomic E-state index is 2.86. The first-order chi connectivity index (χ1) is 62.2. The molecule has 4 heterocycles. The second-order valence-corrected chi connectivity index (χ2v) is 53.8. The van der Waals surface area contributed by atoms with Crippen molar-refractivity contribution in [1.82, 2.24) is 9.13 Å². The van der Waals surface area contributed by atoms with Gasteiger partial charge in [-0.15, -0.1) is 0 Å². The molecule has 0 atom stereocenters. The van der Waals surface area contributed by atoms with Gasteiger partial charge >= 0.3 is 0 Å². The molecule has 0 spiro atoms. The Morgan fingerprint density at radius 2 is 0.407 bits per heavy atom. The van der Waals surface area contributed by atoms with Gasteiger partial charge in [0.2, 0.25) is 0 Å². The molecule has 2 aliphatic rings. The zero-order valence-electron chi connectivity index (χ0n) is 89.8. The van der Waals surface area contributed by atoms with Crippen molar-refractivity contribution in [3.63, 3.8) is 0 Å². The number of nitrogens with zero attached hydrogens (tertiary/aromatic N) is 4. The lowest BCUT2D eigenvalue weighted by atomic mass is 9.33. The van der Waals surface area contributed by atoms with Gasteiger partial charge in [-0.3, -0.25) is 0 Å². The highest BCUT2D eigenvalue weighted by Gasteiger charge is 2.48. The van der Waals surface area contributed by atoms with E-state index in [0.717, 1.165) is 34.1 Å². The summed E-state index contributed by atoms with van der Waals surface area (Å²) in [5, 5.41) is 4.93. The first kappa shape index (κ1) is 95.8. The van der Waals surface area contributed by atoms with Crippen molar-refractivity contribution >= 4 is 101 Å². The van der Waals surface area contributed by atoms with Gasteiger partial charge in [0.25, 0.3) is 6.71 Å². The molecule has 2 aromatic heterocycles. The Bertz CT molecular complexity index is 6630. The summed E-state index contributed by atoms with van der Waals surface area (Å²) in [6.07, 6.45) is 0. The van der Waals surface area contributed by atoms with Crippen LogP contribution in [0.3, 0.4) is 0 Å². The predicted molar refractivity (Wildman–Crippen MR) is 594 cm³/mol. The van der Waals surface area contributed by atoms with Gasteiger partial charge in [-0.1, -0.05) is 428 Å². The zero-order valence-corrected chi connectivity index (χ0v) is 89.8. The molecule has 0 bridgehead atoms. The second-order valence-electron chi connectivity index (χ2n) is 53.8. The van der Waals surface area contributed by atoms with Gasteiger partial charge in [-0.05, 0) is 265 Å². The summed E-state index contributed by atoms with van der Waals surface area (Å²) in [5.41, 5.74) is 41.9. The SMILES string of the molecule is CC(C)(C)c1cc2c3c(c1)N(c1cc(-c4c(C(C)(C)C)cc(C(C)(C)C)cc4C(C)(C)C)ccc1-c1c(C(C)(C)C)cc(C(C)(C)C)cc1C(C)(C)C)c1cc(-n4c5ccccc5c5ccccc54)ccc1B3c1ccc(-n3c4ccccc4c4ccccc43)cc1N2c1cc(-c2c(C(C)(C)C)cc(C(C)(C)C)cc2C(C)(C)C)ccc1-c1c(C(C)(C)C)cc(C(C)(C)C)cc1C(C)(C)C. The van der Waals surface area contributed by atoms with Crippen molar-refractivity contribution in [2.45, 2.75) is 340 Å². The van der Waals surface area contributed by atoms with E-state index in [1.54, 1.807) is 0 Å². The fourth-order valence-electron chi connectivity index (χ4n) is 22.0. The molecule has 0 N–H and O–H groups in total. The molecule has 698 valence electrons. The van der Waals surface area contributed by atoms with Crippen molar-refractivity contribution in [3.05, 3.63) is 303 Å². The average Bonchev–Trinajstić information content (AvgIpc) is 1.31. The van der Waals surface area contributed by atoms with E-state index in [9.17, 15) is 0 Å². The molecule has 15 aromatic rings. The second kappa shape index (κ2) is 31.8. The maximum Gasteiger partial charge on any atom is 0.252 e.